The highest BCUT2D eigenvalue weighted by atomic mass is 14.1. The molecule has 0 aliphatic rings. The van der Waals surface area contributed by atoms with Crippen LogP contribution < -0.4 is 0 Å². The molecule has 0 aromatic rings. The van der Waals surface area contributed by atoms with E-state index in [0.717, 1.165) is 11.8 Å². The van der Waals surface area contributed by atoms with Crippen molar-refractivity contribution < 1.29 is 0 Å². The average Bonchev–Trinajstić information content (AvgIpc) is 1.81. The molecular formula is C10H20. The van der Waals surface area contributed by atoms with E-state index in [4.69, 9.17) is 0 Å². The molecule has 0 aliphatic carbocycles. The Morgan fingerprint density at radius 3 is 1.80 bits per heavy atom. The molecule has 0 heteroatoms. The normalized spacial score (nSPS) is 13.3. The summed E-state index contributed by atoms with van der Waals surface area (Å²) in [5, 5.41) is 0. The Hall–Kier alpha value is -0.260. The fourth-order valence-electron chi connectivity index (χ4n) is 1.16. The van der Waals surface area contributed by atoms with Crippen molar-refractivity contribution in [1.29, 1.82) is 0 Å². The lowest BCUT2D eigenvalue weighted by Crippen LogP contribution is -1.98. The minimum Gasteiger partial charge on any atom is -0.0882 e. The molecule has 0 rings (SSSR count). The minimum absolute atomic E-state index is 0.729. The molecule has 10 heavy (non-hydrogen) atoms. The summed E-state index contributed by atoms with van der Waals surface area (Å²) in [5.74, 6) is 1.53. The number of hydrogen-bond donors (Lipinski definition) is 0. The Bertz CT molecular complexity index is 107. The molecule has 0 spiro atoms. The first-order chi connectivity index (χ1) is 4.57. The summed E-state index contributed by atoms with van der Waals surface area (Å²) in [4.78, 5) is 0. The van der Waals surface area contributed by atoms with Gasteiger partial charge < -0.3 is 0 Å². The second-order valence-electron chi connectivity index (χ2n) is 3.62. The Morgan fingerprint density at radius 1 is 1.20 bits per heavy atom. The second kappa shape index (κ2) is 4.54. The van der Waals surface area contributed by atoms with Crippen molar-refractivity contribution in [2.24, 2.45) is 11.8 Å². The maximum Gasteiger partial charge on any atom is -0.0260 e. The summed E-state index contributed by atoms with van der Waals surface area (Å²) in [5.41, 5.74) is 1.59. The van der Waals surface area contributed by atoms with Crippen molar-refractivity contribution in [3.63, 3.8) is 0 Å². The van der Waals surface area contributed by atoms with Crippen molar-refractivity contribution >= 4 is 0 Å². The predicted octanol–water partition coefficient (Wildman–Crippen LogP) is 3.63. The smallest absolute Gasteiger partial charge is 0.0260 e. The van der Waals surface area contributed by atoms with Crippen molar-refractivity contribution in [1.82, 2.24) is 0 Å². The van der Waals surface area contributed by atoms with Crippen molar-refractivity contribution in [2.45, 2.75) is 41.0 Å². The minimum atomic E-state index is 0.729. The highest BCUT2D eigenvalue weighted by Crippen LogP contribution is 2.18. The Labute approximate surface area is 65.3 Å². The van der Waals surface area contributed by atoms with Gasteiger partial charge in [-0.15, -0.1) is 0 Å². The van der Waals surface area contributed by atoms with E-state index in [1.54, 1.807) is 5.57 Å². The van der Waals surface area contributed by atoms with E-state index in [2.05, 4.69) is 40.7 Å². The van der Waals surface area contributed by atoms with Gasteiger partial charge in [-0.2, -0.15) is 0 Å². The molecule has 0 atom stereocenters. The van der Waals surface area contributed by atoms with Gasteiger partial charge in [0.2, 0.25) is 0 Å². The molecule has 0 aromatic carbocycles. The second-order valence-corrected chi connectivity index (χ2v) is 3.62. The average molecular weight is 140 g/mol. The van der Waals surface area contributed by atoms with Crippen LogP contribution in [0.15, 0.2) is 11.6 Å². The maximum atomic E-state index is 2.27. The van der Waals surface area contributed by atoms with Crippen molar-refractivity contribution in [3.05, 3.63) is 11.6 Å². The summed E-state index contributed by atoms with van der Waals surface area (Å²) >= 11 is 0. The van der Waals surface area contributed by atoms with Crippen LogP contribution in [-0.2, 0) is 0 Å². The highest BCUT2D eigenvalue weighted by molar-refractivity contribution is 5.03. The van der Waals surface area contributed by atoms with Crippen LogP contribution in [0.1, 0.15) is 41.0 Å². The number of rotatable bonds is 3. The van der Waals surface area contributed by atoms with Gasteiger partial charge in [-0.05, 0) is 25.2 Å². The van der Waals surface area contributed by atoms with Crippen LogP contribution in [0.5, 0.6) is 0 Å². The predicted molar refractivity (Wildman–Crippen MR) is 48.1 cm³/mol. The molecule has 0 saturated carbocycles. The van der Waals surface area contributed by atoms with E-state index < -0.39 is 0 Å². The molecule has 0 nitrogen and oxygen atoms in total. The molecule has 0 heterocycles. The van der Waals surface area contributed by atoms with Crippen molar-refractivity contribution in [2.75, 3.05) is 0 Å². The zero-order valence-corrected chi connectivity index (χ0v) is 7.94. The summed E-state index contributed by atoms with van der Waals surface area (Å²) < 4.78 is 0. The van der Waals surface area contributed by atoms with E-state index >= 15 is 0 Å². The number of allylic oxidation sites excluding steroid dienone is 2. The van der Waals surface area contributed by atoms with E-state index in [1.165, 1.54) is 6.42 Å². The maximum absolute atomic E-state index is 2.27. The largest absolute Gasteiger partial charge is 0.0882 e. The van der Waals surface area contributed by atoms with Crippen LogP contribution in [0.3, 0.4) is 0 Å². The lowest BCUT2D eigenvalue weighted by molar-refractivity contribution is 0.586. The van der Waals surface area contributed by atoms with Crippen LogP contribution in [-0.4, -0.2) is 0 Å². The zero-order valence-electron chi connectivity index (χ0n) is 7.94. The quantitative estimate of drug-likeness (QED) is 0.525. The first kappa shape index (κ1) is 9.74. The van der Waals surface area contributed by atoms with Gasteiger partial charge in [-0.1, -0.05) is 39.3 Å². The SMILES string of the molecule is CC=C(CC(C)C)C(C)C. The molecule has 0 N–H and O–H groups in total. The van der Waals surface area contributed by atoms with Crippen LogP contribution >= 0.6 is 0 Å². The van der Waals surface area contributed by atoms with Gasteiger partial charge in [0.1, 0.15) is 0 Å². The van der Waals surface area contributed by atoms with E-state index in [-0.39, 0.29) is 0 Å². The summed E-state index contributed by atoms with van der Waals surface area (Å²) in [6.45, 7) is 11.2. The third-order valence-corrected chi connectivity index (χ3v) is 1.76. The van der Waals surface area contributed by atoms with Crippen LogP contribution in [0.2, 0.25) is 0 Å². The van der Waals surface area contributed by atoms with Crippen LogP contribution in [0.4, 0.5) is 0 Å². The fraction of sp³-hybridized carbons (Fsp3) is 0.800. The molecule has 0 fully saturated rings. The van der Waals surface area contributed by atoms with Gasteiger partial charge in [0, 0.05) is 0 Å². The number of hydrogen-bond acceptors (Lipinski definition) is 0. The zero-order chi connectivity index (χ0) is 8.15. The van der Waals surface area contributed by atoms with Crippen molar-refractivity contribution in [3.8, 4) is 0 Å². The topological polar surface area (TPSA) is 0 Å². The Morgan fingerprint density at radius 2 is 1.70 bits per heavy atom. The highest BCUT2D eigenvalue weighted by Gasteiger charge is 2.03. The molecule has 0 saturated heterocycles. The first-order valence-corrected chi connectivity index (χ1v) is 4.23. The molecule has 0 unspecified atom stereocenters. The van der Waals surface area contributed by atoms with Gasteiger partial charge in [0.15, 0.2) is 0 Å². The summed E-state index contributed by atoms with van der Waals surface area (Å²) in [6, 6.07) is 0. The molecule has 0 aliphatic heterocycles. The molecule has 0 bridgehead atoms. The van der Waals surface area contributed by atoms with Gasteiger partial charge in [0.05, 0.1) is 0 Å². The lowest BCUT2D eigenvalue weighted by Gasteiger charge is -2.12. The van der Waals surface area contributed by atoms with Gasteiger partial charge >= 0.3 is 0 Å². The third-order valence-electron chi connectivity index (χ3n) is 1.76. The monoisotopic (exact) mass is 140 g/mol. The van der Waals surface area contributed by atoms with E-state index in [1.807, 2.05) is 0 Å². The molecule has 0 radical (unpaired) electrons. The summed E-state index contributed by atoms with van der Waals surface area (Å²) in [6.07, 6.45) is 3.51. The van der Waals surface area contributed by atoms with Gasteiger partial charge in [-0.3, -0.25) is 0 Å². The lowest BCUT2D eigenvalue weighted by atomic mass is 9.94. The molecular weight excluding hydrogens is 120 g/mol. The van der Waals surface area contributed by atoms with E-state index in [9.17, 15) is 0 Å². The first-order valence-electron chi connectivity index (χ1n) is 4.23. The van der Waals surface area contributed by atoms with Crippen LogP contribution in [0.25, 0.3) is 0 Å². The van der Waals surface area contributed by atoms with E-state index in [0.29, 0.717) is 0 Å². The Balaban J connectivity index is 3.86. The Kier molecular flexibility index (Phi) is 4.42. The van der Waals surface area contributed by atoms with Gasteiger partial charge in [-0.25, -0.2) is 0 Å². The van der Waals surface area contributed by atoms with Gasteiger partial charge in [0.25, 0.3) is 0 Å². The molecule has 0 aromatic heterocycles. The fourth-order valence-corrected chi connectivity index (χ4v) is 1.16. The van der Waals surface area contributed by atoms with Crippen LogP contribution in [0, 0.1) is 11.8 Å². The molecule has 0 amide bonds. The molecule has 60 valence electrons. The standard InChI is InChI=1S/C10H20/c1-6-10(9(4)5)7-8(2)3/h6,8-9H,7H2,1-5H3. The summed E-state index contributed by atoms with van der Waals surface area (Å²) in [7, 11) is 0. The third kappa shape index (κ3) is 3.71.